The maximum absolute atomic E-state index is 11.8. The van der Waals surface area contributed by atoms with Gasteiger partial charge in [0.25, 0.3) is 0 Å². The standard InChI is InChI=1S/C10H12NO5P/c12-10(13)16-17(14,15)9-3-1-2-7-6-11-5-4-8(7)9/h1-3,11H,4-6H2,(H,12,13)(H,14,15). The van der Waals surface area contributed by atoms with Gasteiger partial charge in [-0.25, -0.2) is 9.36 Å². The largest absolute Gasteiger partial charge is 0.512 e. The van der Waals surface area contributed by atoms with Crippen molar-refractivity contribution in [3.8, 4) is 0 Å². The molecule has 0 fully saturated rings. The topological polar surface area (TPSA) is 95.9 Å². The summed E-state index contributed by atoms with van der Waals surface area (Å²) in [6, 6.07) is 4.90. The highest BCUT2D eigenvalue weighted by Crippen LogP contribution is 2.42. The van der Waals surface area contributed by atoms with Gasteiger partial charge in [0.05, 0.1) is 5.30 Å². The third-order valence-electron chi connectivity index (χ3n) is 2.62. The van der Waals surface area contributed by atoms with E-state index in [0.717, 1.165) is 5.56 Å². The minimum absolute atomic E-state index is 0.0823. The molecule has 0 saturated carbocycles. The van der Waals surface area contributed by atoms with Crippen LogP contribution in [0.3, 0.4) is 0 Å². The maximum Gasteiger partial charge on any atom is 0.512 e. The second kappa shape index (κ2) is 4.49. The number of nitrogens with one attached hydrogen (secondary N) is 1. The first-order valence-corrected chi connectivity index (χ1v) is 6.66. The van der Waals surface area contributed by atoms with Gasteiger partial charge in [-0.3, -0.25) is 0 Å². The molecule has 0 saturated heterocycles. The fourth-order valence-electron chi connectivity index (χ4n) is 1.93. The van der Waals surface area contributed by atoms with E-state index in [1.165, 1.54) is 6.07 Å². The minimum Gasteiger partial charge on any atom is -0.449 e. The number of benzene rings is 1. The highest BCUT2D eigenvalue weighted by molar-refractivity contribution is 7.61. The van der Waals surface area contributed by atoms with Crippen LogP contribution in [0.1, 0.15) is 11.1 Å². The average molecular weight is 257 g/mol. The maximum atomic E-state index is 11.8. The number of carboxylic acid groups (broad SMARTS) is 1. The molecule has 1 aliphatic rings. The van der Waals surface area contributed by atoms with Crippen molar-refractivity contribution in [2.75, 3.05) is 6.54 Å². The molecule has 7 heteroatoms. The molecular weight excluding hydrogens is 245 g/mol. The van der Waals surface area contributed by atoms with Crippen molar-refractivity contribution in [2.24, 2.45) is 0 Å². The molecule has 1 aromatic rings. The number of hydrogen-bond donors (Lipinski definition) is 3. The zero-order valence-corrected chi connectivity index (χ0v) is 9.81. The Bertz CT molecular complexity index is 501. The zero-order chi connectivity index (χ0) is 12.5. The summed E-state index contributed by atoms with van der Waals surface area (Å²) in [6.07, 6.45) is -1.17. The van der Waals surface area contributed by atoms with Crippen molar-refractivity contribution in [3.63, 3.8) is 0 Å². The highest BCUT2D eigenvalue weighted by atomic mass is 31.2. The van der Waals surface area contributed by atoms with E-state index >= 15 is 0 Å². The number of hydrogen-bond acceptors (Lipinski definition) is 4. The van der Waals surface area contributed by atoms with E-state index in [1.807, 2.05) is 6.07 Å². The minimum atomic E-state index is -4.29. The van der Waals surface area contributed by atoms with Crippen LogP contribution in [0.5, 0.6) is 0 Å². The third-order valence-corrected chi connectivity index (χ3v) is 4.05. The lowest BCUT2D eigenvalue weighted by Gasteiger charge is -2.21. The first-order chi connectivity index (χ1) is 8.00. The van der Waals surface area contributed by atoms with Crippen LogP contribution in [0.15, 0.2) is 18.2 Å². The molecular formula is C10H12NO5P. The normalized spacial score (nSPS) is 17.9. The quantitative estimate of drug-likeness (QED) is 0.679. The van der Waals surface area contributed by atoms with E-state index in [9.17, 15) is 14.3 Å². The summed E-state index contributed by atoms with van der Waals surface area (Å²) in [5.41, 5.74) is 1.61. The molecule has 92 valence electrons. The average Bonchev–Trinajstić information content (AvgIpc) is 2.26. The Hall–Kier alpha value is -1.36. The van der Waals surface area contributed by atoms with E-state index in [-0.39, 0.29) is 5.30 Å². The monoisotopic (exact) mass is 257 g/mol. The first-order valence-electron chi connectivity index (χ1n) is 5.08. The van der Waals surface area contributed by atoms with Gasteiger partial charge in [-0.15, -0.1) is 0 Å². The summed E-state index contributed by atoms with van der Waals surface area (Å²) in [5.74, 6) is 0. The number of fused-ring (bicyclic) bond motifs is 1. The van der Waals surface area contributed by atoms with Crippen LogP contribution in [0, 0.1) is 0 Å². The SMILES string of the molecule is O=C(O)OP(=O)(O)c1cccc2c1CCNC2. The molecule has 17 heavy (non-hydrogen) atoms. The molecule has 2 rings (SSSR count). The lowest BCUT2D eigenvalue weighted by atomic mass is 10.0. The summed E-state index contributed by atoms with van der Waals surface area (Å²) in [7, 11) is -4.29. The van der Waals surface area contributed by atoms with Gasteiger partial charge in [0.15, 0.2) is 0 Å². The number of carbonyl (C=O) groups is 1. The lowest BCUT2D eigenvalue weighted by Crippen LogP contribution is -2.29. The van der Waals surface area contributed by atoms with Crippen molar-refractivity contribution >= 4 is 19.1 Å². The van der Waals surface area contributed by atoms with Crippen molar-refractivity contribution in [1.82, 2.24) is 5.32 Å². The van der Waals surface area contributed by atoms with Gasteiger partial charge in [-0.05, 0) is 30.2 Å². The fraction of sp³-hybridized carbons (Fsp3) is 0.300. The molecule has 0 amide bonds. The number of rotatable bonds is 2. The van der Waals surface area contributed by atoms with Gasteiger partial charge in [0.2, 0.25) is 0 Å². The van der Waals surface area contributed by atoms with Gasteiger partial charge in [-0.2, -0.15) is 0 Å². The Morgan fingerprint density at radius 1 is 1.47 bits per heavy atom. The lowest BCUT2D eigenvalue weighted by molar-refractivity contribution is 0.140. The third kappa shape index (κ3) is 2.49. The highest BCUT2D eigenvalue weighted by Gasteiger charge is 2.31. The van der Waals surface area contributed by atoms with Crippen molar-refractivity contribution in [1.29, 1.82) is 0 Å². The smallest absolute Gasteiger partial charge is 0.449 e. The van der Waals surface area contributed by atoms with Crippen LogP contribution >= 0.6 is 7.60 Å². The van der Waals surface area contributed by atoms with Crippen LogP contribution in [0.2, 0.25) is 0 Å². The Kier molecular flexibility index (Phi) is 3.19. The molecule has 6 nitrogen and oxygen atoms in total. The Balaban J connectivity index is 2.45. The van der Waals surface area contributed by atoms with Gasteiger partial charge >= 0.3 is 13.8 Å². The summed E-state index contributed by atoms with van der Waals surface area (Å²) >= 11 is 0. The molecule has 0 bridgehead atoms. The molecule has 0 radical (unpaired) electrons. The molecule has 1 aromatic carbocycles. The van der Waals surface area contributed by atoms with Crippen LogP contribution in [-0.4, -0.2) is 22.7 Å². The molecule has 0 spiro atoms. The van der Waals surface area contributed by atoms with E-state index in [2.05, 4.69) is 9.84 Å². The van der Waals surface area contributed by atoms with Crippen molar-refractivity contribution in [3.05, 3.63) is 29.3 Å². The van der Waals surface area contributed by atoms with Crippen LogP contribution in [0.4, 0.5) is 4.79 Å². The second-order valence-corrected chi connectivity index (χ2v) is 5.42. The predicted octanol–water partition coefficient (Wildman–Crippen LogP) is 0.838. The molecule has 1 aliphatic heterocycles. The summed E-state index contributed by atoms with van der Waals surface area (Å²) in [6.45, 7) is 1.30. The van der Waals surface area contributed by atoms with Crippen LogP contribution in [-0.2, 0) is 22.1 Å². The van der Waals surface area contributed by atoms with Gasteiger partial charge in [0.1, 0.15) is 0 Å². The Morgan fingerprint density at radius 3 is 2.94 bits per heavy atom. The fourth-order valence-corrected chi connectivity index (χ4v) is 3.11. The van der Waals surface area contributed by atoms with Crippen molar-refractivity contribution < 1.29 is 23.9 Å². The zero-order valence-electron chi connectivity index (χ0n) is 8.92. The summed E-state index contributed by atoms with van der Waals surface area (Å²) in [5, 5.41) is 11.7. The van der Waals surface area contributed by atoms with E-state index in [4.69, 9.17) is 5.11 Å². The Labute approximate surface area is 97.8 Å². The molecule has 1 heterocycles. The van der Waals surface area contributed by atoms with Crippen LogP contribution in [0.25, 0.3) is 0 Å². The van der Waals surface area contributed by atoms with E-state index in [0.29, 0.717) is 25.1 Å². The molecule has 0 aromatic heterocycles. The van der Waals surface area contributed by atoms with E-state index in [1.54, 1.807) is 6.07 Å². The van der Waals surface area contributed by atoms with Gasteiger partial charge in [0, 0.05) is 6.54 Å². The molecule has 1 unspecified atom stereocenters. The van der Waals surface area contributed by atoms with Gasteiger partial charge < -0.3 is 19.8 Å². The summed E-state index contributed by atoms with van der Waals surface area (Å²) < 4.78 is 15.9. The second-order valence-electron chi connectivity index (χ2n) is 3.72. The van der Waals surface area contributed by atoms with Gasteiger partial charge in [-0.1, -0.05) is 12.1 Å². The van der Waals surface area contributed by atoms with Crippen LogP contribution < -0.4 is 10.6 Å². The van der Waals surface area contributed by atoms with Crippen molar-refractivity contribution in [2.45, 2.75) is 13.0 Å². The first kappa shape index (κ1) is 12.1. The predicted molar refractivity (Wildman–Crippen MR) is 60.4 cm³/mol. The molecule has 1 atom stereocenters. The molecule has 3 N–H and O–H groups in total. The Morgan fingerprint density at radius 2 is 2.24 bits per heavy atom. The molecule has 0 aliphatic carbocycles. The summed E-state index contributed by atoms with van der Waals surface area (Å²) in [4.78, 5) is 20.0. The van der Waals surface area contributed by atoms with E-state index < -0.39 is 13.8 Å².